The molecule has 2 fully saturated rings. The largest absolute Gasteiger partial charge is 0.387 e. The summed E-state index contributed by atoms with van der Waals surface area (Å²) in [5.41, 5.74) is 8.86. The summed E-state index contributed by atoms with van der Waals surface area (Å²) in [5, 5.41) is 9.55. The minimum atomic E-state index is -4.50. The number of aliphatic hydroxyl groups excluding tert-OH is 1. The Labute approximate surface area is 272 Å². The lowest BCUT2D eigenvalue weighted by atomic mass is 9.97. The topological polar surface area (TPSA) is 250 Å². The molecule has 2 aliphatic heterocycles. The Morgan fingerprint density at radius 2 is 1.98 bits per heavy atom. The van der Waals surface area contributed by atoms with Crippen LogP contribution in [0.15, 0.2) is 23.8 Å². The molecular formula is C21H26F2N10O8P2S3. The highest BCUT2D eigenvalue weighted by molar-refractivity contribution is 8.44. The molecule has 4 aromatic rings. The van der Waals surface area contributed by atoms with E-state index in [2.05, 4.69) is 54.4 Å². The van der Waals surface area contributed by atoms with Crippen LogP contribution in [0.3, 0.4) is 0 Å². The highest BCUT2D eigenvalue weighted by Crippen LogP contribution is 2.61. The average molecular weight is 743 g/mol. The SMILES string of the molecule is Nc1nc2c(ncn2[C@@H]2SC[C@](F)(CCO[PH](=O)S)[C@H]2OP(=O)(S)OC[C@H]2O[C@@H](n3cnc4c(N)ncnc43)[C@@H](F)[C@@H]2O)c(=O)[nH]1. The van der Waals surface area contributed by atoms with Gasteiger partial charge in [0.05, 0.1) is 25.9 Å². The maximum Gasteiger partial charge on any atom is 0.386 e. The Bertz CT molecular complexity index is 1910. The number of thiol groups is 2. The number of aromatic nitrogens is 8. The molecule has 6 N–H and O–H groups in total. The number of alkyl halides is 2. The average Bonchev–Trinajstić information content (AvgIpc) is 3.74. The van der Waals surface area contributed by atoms with Gasteiger partial charge in [-0.3, -0.25) is 32.5 Å². The summed E-state index contributed by atoms with van der Waals surface area (Å²) in [6.45, 7) is -5.50. The van der Waals surface area contributed by atoms with Crippen LogP contribution < -0.4 is 17.0 Å². The van der Waals surface area contributed by atoms with Crippen LogP contribution in [0.1, 0.15) is 18.0 Å². The van der Waals surface area contributed by atoms with Gasteiger partial charge in [0.1, 0.15) is 35.5 Å². The van der Waals surface area contributed by atoms with E-state index in [0.717, 1.165) is 18.1 Å². The number of hydrogen-bond acceptors (Lipinski definition) is 16. The molecule has 6 rings (SSSR count). The van der Waals surface area contributed by atoms with Crippen LogP contribution >= 0.6 is 50.3 Å². The molecule has 0 spiro atoms. The van der Waals surface area contributed by atoms with Crippen LogP contribution in [-0.4, -0.2) is 93.3 Å². The van der Waals surface area contributed by atoms with E-state index in [4.69, 9.17) is 29.8 Å². The number of aliphatic hydroxyl groups is 1. The zero-order chi connectivity index (χ0) is 33.0. The van der Waals surface area contributed by atoms with Gasteiger partial charge in [0.15, 0.2) is 40.7 Å². The second-order valence-corrected chi connectivity index (χ2v) is 16.1. The van der Waals surface area contributed by atoms with Gasteiger partial charge in [-0.05, 0) is 0 Å². The van der Waals surface area contributed by atoms with E-state index >= 15 is 8.78 Å². The van der Waals surface area contributed by atoms with Crippen molar-refractivity contribution in [1.29, 1.82) is 0 Å². The zero-order valence-corrected chi connectivity index (χ0v) is 27.6. The number of nitrogens with one attached hydrogen (secondary N) is 1. The molecule has 0 amide bonds. The lowest BCUT2D eigenvalue weighted by Gasteiger charge is -2.31. The molecule has 0 aromatic carbocycles. The van der Waals surface area contributed by atoms with Gasteiger partial charge < -0.3 is 25.8 Å². The van der Waals surface area contributed by atoms with Crippen LogP contribution in [-0.2, 0) is 27.4 Å². The number of nitrogens with two attached hydrogens (primary N) is 2. The lowest BCUT2D eigenvalue weighted by Crippen LogP contribution is -2.41. The minimum absolute atomic E-state index is 0.00439. The van der Waals surface area contributed by atoms with Crippen molar-refractivity contribution >= 4 is 84.4 Å². The monoisotopic (exact) mass is 742 g/mol. The molecule has 9 atom stereocenters. The Hall–Kier alpha value is -2.33. The number of nitrogen functional groups attached to an aromatic ring is 2. The number of thioether (sulfide) groups is 1. The second-order valence-electron chi connectivity index (χ2n) is 10.2. The fourth-order valence-electron chi connectivity index (χ4n) is 5.14. The molecular weight excluding hydrogens is 716 g/mol. The lowest BCUT2D eigenvalue weighted by molar-refractivity contribution is -0.0471. The Balaban J connectivity index is 1.21. The Kier molecular flexibility index (Phi) is 9.44. The number of imidazole rings is 2. The standard InChI is InChI=1S/C21H26F2N10O8P2S3/c22-9-12(34)8(40-18(9)32-6-28-10-14(24)26-5-27-15(10)32)3-39-43(37,45)41-13-19(46-4-21(13,23)1-2-38-42(36)44)33-7-29-11-16(33)30-20(25)31-17(11)35/h5-9,12-13,18-19,34,42H,1-4H2,(H,36,44)(H,37,45)(H2,24,26,27)(H3,25,30,31,35)/t8-,9+,12-,13+,18-,19-,21-,43?/m1/s1. The van der Waals surface area contributed by atoms with E-state index in [1.807, 2.05) is 0 Å². The van der Waals surface area contributed by atoms with Gasteiger partial charge in [-0.1, -0.05) is 24.5 Å². The van der Waals surface area contributed by atoms with Crippen molar-refractivity contribution in [2.24, 2.45) is 0 Å². The maximum atomic E-state index is 16.5. The van der Waals surface area contributed by atoms with Crippen molar-refractivity contribution in [3.8, 4) is 0 Å². The first-order valence-electron chi connectivity index (χ1n) is 13.2. The minimum Gasteiger partial charge on any atom is -0.387 e. The van der Waals surface area contributed by atoms with Crippen molar-refractivity contribution in [2.75, 3.05) is 30.4 Å². The summed E-state index contributed by atoms with van der Waals surface area (Å²) >= 11 is 8.75. The number of hydrogen-bond donors (Lipinski definition) is 6. The van der Waals surface area contributed by atoms with Crippen molar-refractivity contribution in [3.05, 3.63) is 29.3 Å². The number of rotatable bonds is 11. The van der Waals surface area contributed by atoms with E-state index in [9.17, 15) is 19.0 Å². The zero-order valence-electron chi connectivity index (χ0n) is 23.1. The summed E-state index contributed by atoms with van der Waals surface area (Å²) in [7, 11) is -2.69. The van der Waals surface area contributed by atoms with E-state index < -0.39 is 67.9 Å². The van der Waals surface area contributed by atoms with Crippen molar-refractivity contribution < 1.29 is 41.3 Å². The predicted molar refractivity (Wildman–Crippen MR) is 168 cm³/mol. The summed E-state index contributed by atoms with van der Waals surface area (Å²) in [6.07, 6.45) is -4.88. The third kappa shape index (κ3) is 6.41. The molecule has 2 unspecified atom stereocenters. The maximum absolute atomic E-state index is 16.5. The highest BCUT2D eigenvalue weighted by atomic mass is 32.7. The van der Waals surface area contributed by atoms with E-state index in [1.54, 1.807) is 0 Å². The van der Waals surface area contributed by atoms with E-state index in [1.165, 1.54) is 21.8 Å². The summed E-state index contributed by atoms with van der Waals surface area (Å²) in [4.78, 5) is 34.7. The quantitative estimate of drug-likeness (QED) is 0.0947. The van der Waals surface area contributed by atoms with Crippen LogP contribution in [0.4, 0.5) is 20.5 Å². The number of H-pyrrole nitrogens is 1. The van der Waals surface area contributed by atoms with Crippen LogP contribution in [0.5, 0.6) is 0 Å². The summed E-state index contributed by atoms with van der Waals surface area (Å²) < 4.78 is 81.0. The van der Waals surface area contributed by atoms with Crippen molar-refractivity contribution in [3.63, 3.8) is 0 Å². The van der Waals surface area contributed by atoms with Gasteiger partial charge in [0, 0.05) is 12.2 Å². The number of fused-ring (bicyclic) bond motifs is 2. The Morgan fingerprint density at radius 1 is 1.24 bits per heavy atom. The third-order valence-electron chi connectivity index (χ3n) is 7.33. The molecule has 25 heteroatoms. The molecule has 6 heterocycles. The normalized spacial score (nSPS) is 30.3. The molecule has 250 valence electrons. The molecule has 0 radical (unpaired) electrons. The first-order valence-corrected chi connectivity index (χ1v) is 19.6. The molecule has 0 aliphatic carbocycles. The third-order valence-corrected chi connectivity index (χ3v) is 11.2. The van der Waals surface area contributed by atoms with E-state index in [0.29, 0.717) is 0 Å². The predicted octanol–water partition coefficient (Wildman–Crippen LogP) is 1.84. The van der Waals surface area contributed by atoms with Gasteiger partial charge in [-0.15, -0.1) is 11.8 Å². The van der Waals surface area contributed by atoms with Gasteiger partial charge in [-0.25, -0.2) is 33.3 Å². The van der Waals surface area contributed by atoms with Crippen molar-refractivity contribution in [2.45, 2.75) is 48.2 Å². The molecule has 18 nitrogen and oxygen atoms in total. The number of aromatic amines is 1. The Morgan fingerprint density at radius 3 is 2.74 bits per heavy atom. The van der Waals surface area contributed by atoms with Crippen LogP contribution in [0.2, 0.25) is 0 Å². The number of nitrogens with zero attached hydrogens (tertiary/aromatic N) is 7. The molecule has 46 heavy (non-hydrogen) atoms. The molecule has 0 bridgehead atoms. The van der Waals surface area contributed by atoms with Gasteiger partial charge >= 0.3 is 6.80 Å². The second kappa shape index (κ2) is 12.9. The van der Waals surface area contributed by atoms with E-state index in [-0.39, 0.29) is 52.9 Å². The fraction of sp³-hybridized carbons (Fsp3) is 0.524. The first-order chi connectivity index (χ1) is 21.8. The molecule has 2 saturated heterocycles. The number of anilines is 2. The number of ether oxygens (including phenoxy) is 1. The number of halogens is 2. The fourth-order valence-corrected chi connectivity index (χ4v) is 8.81. The highest BCUT2D eigenvalue weighted by Gasteiger charge is 2.55. The molecule has 0 saturated carbocycles. The molecule has 2 aliphatic rings. The first kappa shape index (κ1) is 33.6. The smallest absolute Gasteiger partial charge is 0.386 e. The van der Waals surface area contributed by atoms with Crippen LogP contribution in [0, 0.1) is 0 Å². The summed E-state index contributed by atoms with van der Waals surface area (Å²) in [6, 6.07) is 0. The molecule has 4 aromatic heterocycles. The van der Waals surface area contributed by atoms with Gasteiger partial charge in [-0.2, -0.15) is 4.98 Å². The van der Waals surface area contributed by atoms with Crippen LogP contribution in [0.25, 0.3) is 22.3 Å². The van der Waals surface area contributed by atoms with Gasteiger partial charge in [0.2, 0.25) is 13.2 Å². The van der Waals surface area contributed by atoms with Gasteiger partial charge in [0.25, 0.3) is 5.56 Å². The van der Waals surface area contributed by atoms with Crippen molar-refractivity contribution in [1.82, 2.24) is 39.0 Å². The summed E-state index contributed by atoms with van der Waals surface area (Å²) in [5.74, 6) is -0.395.